The number of hydrogen-bond donors (Lipinski definition) is 0. The van der Waals surface area contributed by atoms with Gasteiger partial charge in [-0.3, -0.25) is 0 Å². The van der Waals surface area contributed by atoms with Crippen molar-refractivity contribution in [2.75, 3.05) is 0 Å². The minimum atomic E-state index is -5.01. The van der Waals surface area contributed by atoms with E-state index in [1.807, 2.05) is 6.92 Å². The number of hydrogen-bond acceptors (Lipinski definition) is 4. The van der Waals surface area contributed by atoms with E-state index in [0.29, 0.717) is 6.42 Å². The molecule has 1 unspecified atom stereocenters. The van der Waals surface area contributed by atoms with Crippen LogP contribution in [0.4, 0.5) is 0 Å². The Bertz CT molecular complexity index is 100. The molecule has 0 saturated heterocycles. The fraction of sp³-hybridized carbons (Fsp3) is 1.00. The maximum absolute atomic E-state index is 9.99. The van der Waals surface area contributed by atoms with E-state index in [1.54, 1.807) is 6.92 Å². The molecule has 0 aromatic heterocycles. The molecule has 1 atom stereocenters. The van der Waals surface area contributed by atoms with Crippen LogP contribution in [0.1, 0.15) is 26.7 Å². The van der Waals surface area contributed by atoms with Crippen LogP contribution in [-0.4, -0.2) is 15.2 Å². The molecule has 0 aromatic carbocycles. The molecule has 0 aliphatic heterocycles. The maximum atomic E-state index is 9.99. The van der Waals surface area contributed by atoms with Crippen LogP contribution in [-0.2, 0) is 4.43 Å². The second kappa shape index (κ2) is 15.0. The molecule has 0 amide bonds. The Morgan fingerprint density at radius 3 is 1.77 bits per heavy atom. The Balaban J connectivity index is -0.000000135. The van der Waals surface area contributed by atoms with Crippen molar-refractivity contribution in [3.63, 3.8) is 0 Å². The molecule has 0 N–H and O–H groups in total. The van der Waals surface area contributed by atoms with Gasteiger partial charge in [-0.2, -0.15) is 0 Å². The molecule has 13 heavy (non-hydrogen) atoms. The molecule has 0 saturated carbocycles. The topological polar surface area (TPSA) is 78.4 Å². The van der Waals surface area contributed by atoms with Crippen molar-refractivity contribution in [1.82, 2.24) is 0 Å². The summed E-state index contributed by atoms with van der Waals surface area (Å²) in [5.41, 5.74) is 0. The normalized spacial score (nSPS) is 11.8. The molecule has 8 heteroatoms. The molecule has 4 nitrogen and oxygen atoms in total. The van der Waals surface area contributed by atoms with Gasteiger partial charge in [0, 0.05) is 6.10 Å². The Kier molecular flexibility index (Phi) is 30.6. The van der Waals surface area contributed by atoms with Crippen LogP contribution in [0, 0.1) is 0 Å². The van der Waals surface area contributed by atoms with E-state index in [-0.39, 0.29) is 154 Å². The Labute approximate surface area is 208 Å². The van der Waals surface area contributed by atoms with Crippen LogP contribution < -0.4 is 169 Å². The summed E-state index contributed by atoms with van der Waals surface area (Å²) >= 11 is 0. The van der Waals surface area contributed by atoms with Gasteiger partial charge < -0.3 is 18.8 Å². The van der Waals surface area contributed by atoms with Gasteiger partial charge >= 0.3 is 154 Å². The molecule has 0 aliphatic rings. The standard InChI is InChI=1S/C5H11O4Si.3K/c1-3-4-5(2)9-10(6,7)8;;;/h5H,3-4H2,1-2H3;;;/q-3;3*+1. The fourth-order valence-corrected chi connectivity index (χ4v) is 1.32. The van der Waals surface area contributed by atoms with Crippen molar-refractivity contribution in [1.29, 1.82) is 0 Å². The molecule has 0 aliphatic carbocycles. The van der Waals surface area contributed by atoms with Crippen molar-refractivity contribution in [2.45, 2.75) is 32.8 Å². The summed E-state index contributed by atoms with van der Waals surface area (Å²) in [6.45, 7) is 3.46. The summed E-state index contributed by atoms with van der Waals surface area (Å²) in [4.78, 5) is 30.0. The predicted molar refractivity (Wildman–Crippen MR) is 31.2 cm³/mol. The van der Waals surface area contributed by atoms with Crippen LogP contribution >= 0.6 is 0 Å². The minimum absolute atomic E-state index is 0. The average molecular weight is 281 g/mol. The van der Waals surface area contributed by atoms with E-state index in [9.17, 15) is 14.4 Å². The summed E-state index contributed by atoms with van der Waals surface area (Å²) in [6, 6.07) is 0. The molecule has 0 spiro atoms. The van der Waals surface area contributed by atoms with Gasteiger partial charge in [0.1, 0.15) is 0 Å². The third-order valence-corrected chi connectivity index (χ3v) is 1.73. The van der Waals surface area contributed by atoms with Gasteiger partial charge in [0.2, 0.25) is 0 Å². The molecule has 0 heterocycles. The zero-order chi connectivity index (χ0) is 8.20. The summed E-state index contributed by atoms with van der Waals surface area (Å²) in [6.07, 6.45) is 0.941. The monoisotopic (exact) mass is 280 g/mol. The first-order valence-electron chi connectivity index (χ1n) is 3.24. The van der Waals surface area contributed by atoms with E-state index >= 15 is 0 Å². The van der Waals surface area contributed by atoms with E-state index in [2.05, 4.69) is 4.43 Å². The second-order valence-electron chi connectivity index (χ2n) is 2.22. The van der Waals surface area contributed by atoms with Gasteiger partial charge in [-0.25, -0.2) is 0 Å². The summed E-state index contributed by atoms with van der Waals surface area (Å²) in [5, 5.41) is 0. The molecular formula is C5H11K3O4Si. The Hall–Kier alpha value is 4.97. The smallest absolute Gasteiger partial charge is 0.861 e. The van der Waals surface area contributed by atoms with Gasteiger partial charge in [0.05, 0.1) is 0 Å². The van der Waals surface area contributed by atoms with Crippen molar-refractivity contribution in [3.8, 4) is 0 Å². The Morgan fingerprint density at radius 1 is 1.15 bits per heavy atom. The molecule has 0 fully saturated rings. The van der Waals surface area contributed by atoms with Crippen LogP contribution in [0.2, 0.25) is 0 Å². The van der Waals surface area contributed by atoms with Gasteiger partial charge in [0.15, 0.2) is 0 Å². The third kappa shape index (κ3) is 22.6. The first-order valence-corrected chi connectivity index (χ1v) is 4.88. The quantitative estimate of drug-likeness (QED) is 0.479. The van der Waals surface area contributed by atoms with Crippen LogP contribution in [0.25, 0.3) is 0 Å². The van der Waals surface area contributed by atoms with Crippen LogP contribution in [0.3, 0.4) is 0 Å². The maximum Gasteiger partial charge on any atom is 1.00 e. The fourth-order valence-electron chi connectivity index (χ4n) is 0.712. The molecule has 0 rings (SSSR count). The first kappa shape index (κ1) is 26.5. The van der Waals surface area contributed by atoms with Gasteiger partial charge in [-0.15, -0.1) is 9.05 Å². The van der Waals surface area contributed by atoms with E-state index in [1.165, 1.54) is 0 Å². The summed E-state index contributed by atoms with van der Waals surface area (Å²) in [7, 11) is -5.01. The van der Waals surface area contributed by atoms with Crippen LogP contribution in [0.5, 0.6) is 0 Å². The second-order valence-corrected chi connectivity index (χ2v) is 3.45. The minimum Gasteiger partial charge on any atom is -0.861 e. The van der Waals surface area contributed by atoms with Crippen LogP contribution in [0.15, 0.2) is 0 Å². The third-order valence-electron chi connectivity index (χ3n) is 1.04. The van der Waals surface area contributed by atoms with Crippen molar-refractivity contribution in [2.24, 2.45) is 0 Å². The summed E-state index contributed by atoms with van der Waals surface area (Å²) < 4.78 is 4.15. The molecule has 0 bridgehead atoms. The molecule has 62 valence electrons. The zero-order valence-corrected chi connectivity index (χ0v) is 19.5. The van der Waals surface area contributed by atoms with E-state index in [0.717, 1.165) is 6.42 Å². The number of rotatable bonds is 4. The first-order chi connectivity index (χ1) is 4.45. The molecular weight excluding hydrogens is 269 g/mol. The molecule has 0 radical (unpaired) electrons. The van der Waals surface area contributed by atoms with Gasteiger partial charge in [-0.1, -0.05) is 13.3 Å². The summed E-state index contributed by atoms with van der Waals surface area (Å²) in [5.74, 6) is 0. The van der Waals surface area contributed by atoms with Crippen molar-refractivity contribution < 1.29 is 173 Å². The predicted octanol–water partition coefficient (Wildman–Crippen LogP) is -11.3. The average Bonchev–Trinajstić information content (AvgIpc) is 1.59. The van der Waals surface area contributed by atoms with Gasteiger partial charge in [-0.05, 0) is 13.3 Å². The van der Waals surface area contributed by atoms with Crippen molar-refractivity contribution >= 4 is 9.05 Å². The SMILES string of the molecule is CCCC(C)O[Si]([O-])([O-])[O-].[K+].[K+].[K+]. The van der Waals surface area contributed by atoms with Crippen molar-refractivity contribution in [3.05, 3.63) is 0 Å². The molecule has 0 aromatic rings. The van der Waals surface area contributed by atoms with E-state index in [4.69, 9.17) is 0 Å². The largest absolute Gasteiger partial charge is 1.00 e. The zero-order valence-electron chi connectivity index (χ0n) is 9.12. The Morgan fingerprint density at radius 2 is 1.54 bits per heavy atom. The van der Waals surface area contributed by atoms with E-state index < -0.39 is 15.2 Å². The van der Waals surface area contributed by atoms with Gasteiger partial charge in [0.25, 0.3) is 0 Å².